The molecule has 1 N–H and O–H groups in total. The van der Waals surface area contributed by atoms with E-state index in [1.54, 1.807) is 18.2 Å². The molecule has 0 atom stereocenters. The molecule has 0 aromatic heterocycles. The number of halogens is 1. The zero-order chi connectivity index (χ0) is 13.8. The van der Waals surface area contributed by atoms with Crippen molar-refractivity contribution >= 4 is 28.9 Å². The second-order valence-electron chi connectivity index (χ2n) is 4.12. The molecule has 0 bridgehead atoms. The maximum Gasteiger partial charge on any atom is 0.339 e. The number of rotatable bonds is 3. The Bertz CT molecular complexity index is 611. The van der Waals surface area contributed by atoms with Gasteiger partial charge in [0, 0.05) is 10.7 Å². The summed E-state index contributed by atoms with van der Waals surface area (Å²) in [4.78, 5) is 11.7. The molecule has 0 heterocycles. The smallest absolute Gasteiger partial charge is 0.339 e. The molecule has 0 unspecified atom stereocenters. The molecule has 0 spiro atoms. The second kappa shape index (κ2) is 5.76. The molecule has 0 radical (unpaired) electrons. The van der Waals surface area contributed by atoms with Crippen molar-refractivity contribution in [3.05, 3.63) is 58.6 Å². The van der Waals surface area contributed by atoms with Gasteiger partial charge in [-0.1, -0.05) is 29.8 Å². The molecule has 4 heteroatoms. The first-order valence-electron chi connectivity index (χ1n) is 5.82. The van der Waals surface area contributed by atoms with Crippen LogP contribution in [0.5, 0.6) is 0 Å². The fraction of sp³-hybridized carbons (Fsp3) is 0.133. The monoisotopic (exact) mass is 275 g/mol. The molecule has 0 saturated carbocycles. The molecule has 2 rings (SSSR count). The van der Waals surface area contributed by atoms with E-state index in [9.17, 15) is 4.79 Å². The van der Waals surface area contributed by atoms with Gasteiger partial charge < -0.3 is 10.1 Å². The van der Waals surface area contributed by atoms with Crippen molar-refractivity contribution in [3.63, 3.8) is 0 Å². The van der Waals surface area contributed by atoms with Gasteiger partial charge in [0.25, 0.3) is 0 Å². The van der Waals surface area contributed by atoms with Gasteiger partial charge in [-0.3, -0.25) is 0 Å². The van der Waals surface area contributed by atoms with Crippen LogP contribution in [-0.4, -0.2) is 13.1 Å². The summed E-state index contributed by atoms with van der Waals surface area (Å²) in [7, 11) is 1.36. The predicted octanol–water partition coefficient (Wildman–Crippen LogP) is 4.18. The van der Waals surface area contributed by atoms with Crippen LogP contribution in [0.1, 0.15) is 15.9 Å². The first-order chi connectivity index (χ1) is 9.11. The largest absolute Gasteiger partial charge is 0.465 e. The third-order valence-corrected chi connectivity index (χ3v) is 3.04. The number of hydrogen-bond donors (Lipinski definition) is 1. The van der Waals surface area contributed by atoms with E-state index in [1.165, 1.54) is 7.11 Å². The average Bonchev–Trinajstić information content (AvgIpc) is 2.41. The van der Waals surface area contributed by atoms with Crippen LogP contribution < -0.4 is 5.32 Å². The standard InChI is InChI=1S/C15H14ClNO2/c1-10-5-3-4-6-13(10)17-14-9-11(16)7-8-12(14)15(18)19-2/h3-9,17H,1-2H3. The molecule has 98 valence electrons. The van der Waals surface area contributed by atoms with Crippen LogP contribution in [0, 0.1) is 6.92 Å². The maximum absolute atomic E-state index is 11.7. The highest BCUT2D eigenvalue weighted by Crippen LogP contribution is 2.26. The Hall–Kier alpha value is -2.00. The lowest BCUT2D eigenvalue weighted by Gasteiger charge is -2.13. The molecular formula is C15H14ClNO2. The number of anilines is 2. The van der Waals surface area contributed by atoms with Crippen LogP contribution >= 0.6 is 11.6 Å². The average molecular weight is 276 g/mol. The van der Waals surface area contributed by atoms with Gasteiger partial charge in [-0.15, -0.1) is 0 Å². The molecule has 0 aliphatic heterocycles. The van der Waals surface area contributed by atoms with E-state index in [2.05, 4.69) is 5.32 Å². The quantitative estimate of drug-likeness (QED) is 0.854. The second-order valence-corrected chi connectivity index (χ2v) is 4.56. The minimum atomic E-state index is -0.396. The fourth-order valence-corrected chi connectivity index (χ4v) is 1.94. The summed E-state index contributed by atoms with van der Waals surface area (Å²) in [6, 6.07) is 12.8. The summed E-state index contributed by atoms with van der Waals surface area (Å²) in [5, 5.41) is 3.77. The Kier molecular flexibility index (Phi) is 4.07. The number of esters is 1. The van der Waals surface area contributed by atoms with E-state index in [0.29, 0.717) is 16.3 Å². The van der Waals surface area contributed by atoms with Crippen molar-refractivity contribution in [3.8, 4) is 0 Å². The minimum Gasteiger partial charge on any atom is -0.465 e. The van der Waals surface area contributed by atoms with Gasteiger partial charge in [-0.25, -0.2) is 4.79 Å². The lowest BCUT2D eigenvalue weighted by molar-refractivity contribution is 0.0602. The highest BCUT2D eigenvalue weighted by molar-refractivity contribution is 6.31. The lowest BCUT2D eigenvalue weighted by Crippen LogP contribution is -2.06. The molecule has 2 aromatic rings. The molecule has 2 aromatic carbocycles. The van der Waals surface area contributed by atoms with E-state index >= 15 is 0 Å². The zero-order valence-electron chi connectivity index (χ0n) is 10.7. The van der Waals surface area contributed by atoms with Crippen molar-refractivity contribution < 1.29 is 9.53 Å². The van der Waals surface area contributed by atoms with E-state index in [-0.39, 0.29) is 0 Å². The highest BCUT2D eigenvalue weighted by Gasteiger charge is 2.12. The number of carbonyl (C=O) groups excluding carboxylic acids is 1. The fourth-order valence-electron chi connectivity index (χ4n) is 1.77. The number of ether oxygens (including phenoxy) is 1. The van der Waals surface area contributed by atoms with Gasteiger partial charge in [0.15, 0.2) is 0 Å². The van der Waals surface area contributed by atoms with Crippen molar-refractivity contribution in [2.24, 2.45) is 0 Å². The van der Waals surface area contributed by atoms with Gasteiger partial charge in [0.05, 0.1) is 18.4 Å². The maximum atomic E-state index is 11.7. The van der Waals surface area contributed by atoms with Crippen LogP contribution in [0.3, 0.4) is 0 Å². The van der Waals surface area contributed by atoms with Crippen molar-refractivity contribution in [2.45, 2.75) is 6.92 Å². The van der Waals surface area contributed by atoms with Crippen molar-refractivity contribution in [1.29, 1.82) is 0 Å². The summed E-state index contributed by atoms with van der Waals surface area (Å²) >= 11 is 5.98. The summed E-state index contributed by atoms with van der Waals surface area (Å²) < 4.78 is 4.76. The van der Waals surface area contributed by atoms with Crippen molar-refractivity contribution in [2.75, 3.05) is 12.4 Å². The number of benzene rings is 2. The third kappa shape index (κ3) is 3.06. The molecule has 0 aliphatic carbocycles. The SMILES string of the molecule is COC(=O)c1ccc(Cl)cc1Nc1ccccc1C. The number of para-hydroxylation sites is 1. The summed E-state index contributed by atoms with van der Waals surface area (Å²) in [5.41, 5.74) is 3.09. The molecule has 0 aliphatic rings. The molecular weight excluding hydrogens is 262 g/mol. The van der Waals surface area contributed by atoms with E-state index in [0.717, 1.165) is 11.3 Å². The van der Waals surface area contributed by atoms with Crippen LogP contribution in [0.25, 0.3) is 0 Å². The molecule has 19 heavy (non-hydrogen) atoms. The Morgan fingerprint density at radius 3 is 2.58 bits per heavy atom. The summed E-state index contributed by atoms with van der Waals surface area (Å²) in [6.45, 7) is 1.99. The third-order valence-electron chi connectivity index (χ3n) is 2.80. The minimum absolute atomic E-state index is 0.396. The van der Waals surface area contributed by atoms with Gasteiger partial charge in [0.1, 0.15) is 0 Å². The lowest BCUT2D eigenvalue weighted by atomic mass is 10.1. The molecule has 0 fully saturated rings. The summed E-state index contributed by atoms with van der Waals surface area (Å²) in [5.74, 6) is -0.396. The van der Waals surface area contributed by atoms with E-state index in [1.807, 2.05) is 31.2 Å². The number of nitrogens with one attached hydrogen (secondary N) is 1. The number of carbonyl (C=O) groups is 1. The van der Waals surface area contributed by atoms with Crippen LogP contribution in [0.15, 0.2) is 42.5 Å². The van der Waals surface area contributed by atoms with E-state index < -0.39 is 5.97 Å². The topological polar surface area (TPSA) is 38.3 Å². The van der Waals surface area contributed by atoms with Crippen LogP contribution in [0.2, 0.25) is 5.02 Å². The number of methoxy groups -OCH3 is 1. The molecule has 0 amide bonds. The first-order valence-corrected chi connectivity index (χ1v) is 6.20. The van der Waals surface area contributed by atoms with Gasteiger partial charge in [-0.2, -0.15) is 0 Å². The Morgan fingerprint density at radius 2 is 1.89 bits per heavy atom. The molecule has 0 saturated heterocycles. The van der Waals surface area contributed by atoms with Crippen LogP contribution in [0.4, 0.5) is 11.4 Å². The zero-order valence-corrected chi connectivity index (χ0v) is 11.5. The first kappa shape index (κ1) is 13.4. The predicted molar refractivity (Wildman–Crippen MR) is 77.3 cm³/mol. The number of aryl methyl sites for hydroxylation is 1. The normalized spacial score (nSPS) is 10.1. The summed E-state index contributed by atoms with van der Waals surface area (Å²) in [6.07, 6.45) is 0. The van der Waals surface area contributed by atoms with Crippen LogP contribution in [-0.2, 0) is 4.74 Å². The Balaban J connectivity index is 2.41. The van der Waals surface area contributed by atoms with Crippen molar-refractivity contribution in [1.82, 2.24) is 0 Å². The Morgan fingerprint density at radius 1 is 1.16 bits per heavy atom. The molecule has 3 nitrogen and oxygen atoms in total. The van der Waals surface area contributed by atoms with Gasteiger partial charge in [-0.05, 0) is 36.8 Å². The van der Waals surface area contributed by atoms with Gasteiger partial charge in [0.2, 0.25) is 0 Å². The Labute approximate surface area is 117 Å². The van der Waals surface area contributed by atoms with Gasteiger partial charge >= 0.3 is 5.97 Å². The number of hydrogen-bond acceptors (Lipinski definition) is 3. The highest BCUT2D eigenvalue weighted by atomic mass is 35.5. The van der Waals surface area contributed by atoms with E-state index in [4.69, 9.17) is 16.3 Å².